The minimum atomic E-state index is 0.0204. The fourth-order valence-corrected chi connectivity index (χ4v) is 2.73. The molecule has 1 aromatic heterocycles. The molecule has 6 nitrogen and oxygen atoms in total. The fraction of sp³-hybridized carbons (Fsp3) is 0.333. The van der Waals surface area contributed by atoms with Crippen molar-refractivity contribution in [1.29, 1.82) is 0 Å². The molecule has 2 aromatic rings. The Morgan fingerprint density at radius 1 is 1.14 bits per heavy atom. The summed E-state index contributed by atoms with van der Waals surface area (Å²) in [5, 5.41) is 7.07. The van der Waals surface area contributed by atoms with Gasteiger partial charge in [-0.1, -0.05) is 0 Å². The smallest absolute Gasteiger partial charge is 0.271 e. The molecule has 4 rings (SSSR count). The van der Waals surface area contributed by atoms with E-state index >= 15 is 0 Å². The number of hydrogen-bond acceptors (Lipinski definition) is 4. The summed E-state index contributed by atoms with van der Waals surface area (Å²) in [6.07, 6.45) is 2.16. The molecule has 0 saturated carbocycles. The minimum absolute atomic E-state index is 0.0204. The van der Waals surface area contributed by atoms with Crippen molar-refractivity contribution in [3.63, 3.8) is 0 Å². The van der Waals surface area contributed by atoms with E-state index < -0.39 is 0 Å². The number of carbonyl (C=O) groups excluding carboxylic acids is 1. The largest absolute Gasteiger partial charge is 0.454 e. The number of H-pyrrole nitrogens is 1. The van der Waals surface area contributed by atoms with Gasteiger partial charge in [-0.25, -0.2) is 0 Å². The highest BCUT2D eigenvalue weighted by Crippen LogP contribution is 2.35. The third-order valence-corrected chi connectivity index (χ3v) is 3.87. The highest BCUT2D eigenvalue weighted by atomic mass is 16.7. The molecule has 6 heteroatoms. The Morgan fingerprint density at radius 3 is 2.81 bits per heavy atom. The number of aromatic amines is 1. The maximum atomic E-state index is 12.3. The summed E-state index contributed by atoms with van der Waals surface area (Å²) in [5.41, 5.74) is 2.16. The number of carbonyl (C=O) groups is 1. The predicted molar refractivity (Wildman–Crippen MR) is 75.3 cm³/mol. The van der Waals surface area contributed by atoms with Gasteiger partial charge in [0.2, 0.25) is 6.79 Å². The number of ether oxygens (including phenoxy) is 2. The lowest BCUT2D eigenvalue weighted by molar-refractivity contribution is 0.0787. The van der Waals surface area contributed by atoms with Crippen molar-refractivity contribution in [2.75, 3.05) is 19.9 Å². The Hall–Kier alpha value is -2.50. The minimum Gasteiger partial charge on any atom is -0.454 e. The van der Waals surface area contributed by atoms with Crippen molar-refractivity contribution in [1.82, 2.24) is 15.1 Å². The van der Waals surface area contributed by atoms with Crippen molar-refractivity contribution in [3.05, 3.63) is 30.0 Å². The van der Waals surface area contributed by atoms with Crippen LogP contribution in [0, 0.1) is 0 Å². The third kappa shape index (κ3) is 2.12. The van der Waals surface area contributed by atoms with Crippen LogP contribution in [0.1, 0.15) is 23.3 Å². The van der Waals surface area contributed by atoms with Gasteiger partial charge in [0.1, 0.15) is 5.69 Å². The lowest BCUT2D eigenvalue weighted by atomic mass is 10.1. The second-order valence-electron chi connectivity index (χ2n) is 5.23. The van der Waals surface area contributed by atoms with Gasteiger partial charge in [0.15, 0.2) is 11.5 Å². The van der Waals surface area contributed by atoms with E-state index in [1.54, 1.807) is 6.07 Å². The Bertz CT molecular complexity index is 689. The van der Waals surface area contributed by atoms with E-state index in [-0.39, 0.29) is 12.7 Å². The van der Waals surface area contributed by atoms with Crippen molar-refractivity contribution >= 4 is 5.91 Å². The Kier molecular flexibility index (Phi) is 2.80. The molecule has 0 unspecified atom stereocenters. The predicted octanol–water partition coefficient (Wildman–Crippen LogP) is 2.04. The lowest BCUT2D eigenvalue weighted by Gasteiger charge is -2.12. The molecular formula is C15H15N3O3. The molecule has 2 aliphatic heterocycles. The van der Waals surface area contributed by atoms with Crippen LogP contribution in [-0.4, -0.2) is 40.9 Å². The van der Waals surface area contributed by atoms with Gasteiger partial charge in [0.25, 0.3) is 5.91 Å². The van der Waals surface area contributed by atoms with Crippen molar-refractivity contribution < 1.29 is 14.3 Å². The molecular weight excluding hydrogens is 270 g/mol. The maximum Gasteiger partial charge on any atom is 0.271 e. The first-order chi connectivity index (χ1) is 10.3. The SMILES string of the molecule is O=C(c1cc(-c2ccc3c(c2)OCO3)n[nH]1)N1CCCC1. The molecule has 0 atom stereocenters. The van der Waals surface area contributed by atoms with E-state index in [0.717, 1.165) is 42.9 Å². The molecule has 1 fully saturated rings. The Balaban J connectivity index is 1.60. The molecule has 0 spiro atoms. The van der Waals surface area contributed by atoms with Crippen LogP contribution in [0.15, 0.2) is 24.3 Å². The van der Waals surface area contributed by atoms with E-state index in [9.17, 15) is 4.79 Å². The number of nitrogens with one attached hydrogen (secondary N) is 1. The summed E-state index contributed by atoms with van der Waals surface area (Å²) < 4.78 is 10.6. The van der Waals surface area contributed by atoms with Gasteiger partial charge < -0.3 is 14.4 Å². The number of nitrogens with zero attached hydrogens (tertiary/aromatic N) is 2. The molecule has 1 amide bonds. The number of amides is 1. The monoisotopic (exact) mass is 285 g/mol. The molecule has 3 heterocycles. The molecule has 2 aliphatic rings. The summed E-state index contributed by atoms with van der Waals surface area (Å²) >= 11 is 0. The lowest BCUT2D eigenvalue weighted by Crippen LogP contribution is -2.27. The second-order valence-corrected chi connectivity index (χ2v) is 5.23. The van der Waals surface area contributed by atoms with Crippen molar-refractivity contribution in [3.8, 4) is 22.8 Å². The number of rotatable bonds is 2. The van der Waals surface area contributed by atoms with Gasteiger partial charge in [-0.05, 0) is 37.1 Å². The van der Waals surface area contributed by atoms with Crippen molar-refractivity contribution in [2.24, 2.45) is 0 Å². The van der Waals surface area contributed by atoms with Gasteiger partial charge in [-0.15, -0.1) is 0 Å². The molecule has 0 bridgehead atoms. The Labute approximate surface area is 121 Å². The van der Waals surface area contributed by atoms with E-state index in [1.165, 1.54) is 0 Å². The van der Waals surface area contributed by atoms with Crippen LogP contribution in [0.2, 0.25) is 0 Å². The summed E-state index contributed by atoms with van der Waals surface area (Å²) in [5.74, 6) is 1.47. The number of aromatic nitrogens is 2. The number of likely N-dealkylation sites (tertiary alicyclic amines) is 1. The zero-order valence-corrected chi connectivity index (χ0v) is 11.5. The van der Waals surface area contributed by atoms with Crippen LogP contribution in [0.5, 0.6) is 11.5 Å². The number of fused-ring (bicyclic) bond motifs is 1. The Morgan fingerprint density at radius 2 is 1.95 bits per heavy atom. The van der Waals surface area contributed by atoms with E-state index in [0.29, 0.717) is 11.4 Å². The molecule has 0 radical (unpaired) electrons. The second kappa shape index (κ2) is 4.80. The van der Waals surface area contributed by atoms with E-state index in [1.807, 2.05) is 23.1 Å². The van der Waals surface area contributed by atoms with Crippen LogP contribution in [-0.2, 0) is 0 Å². The van der Waals surface area contributed by atoms with E-state index in [2.05, 4.69) is 10.2 Å². The van der Waals surface area contributed by atoms with Crippen LogP contribution in [0.3, 0.4) is 0 Å². The van der Waals surface area contributed by atoms with Crippen LogP contribution < -0.4 is 9.47 Å². The normalized spacial score (nSPS) is 16.5. The summed E-state index contributed by atoms with van der Waals surface area (Å²) in [6, 6.07) is 7.43. The summed E-state index contributed by atoms with van der Waals surface area (Å²) in [7, 11) is 0. The molecule has 1 saturated heterocycles. The first kappa shape index (κ1) is 12.3. The molecule has 1 N–H and O–H groups in total. The maximum absolute atomic E-state index is 12.3. The summed E-state index contributed by atoms with van der Waals surface area (Å²) in [4.78, 5) is 14.1. The molecule has 108 valence electrons. The van der Waals surface area contributed by atoms with Gasteiger partial charge in [0.05, 0.1) is 5.69 Å². The average Bonchev–Trinajstić information content (AvgIpc) is 3.25. The fourth-order valence-electron chi connectivity index (χ4n) is 2.73. The highest BCUT2D eigenvalue weighted by molar-refractivity contribution is 5.93. The zero-order chi connectivity index (χ0) is 14.2. The third-order valence-electron chi connectivity index (χ3n) is 3.87. The standard InChI is InChI=1S/C15H15N3O3/c19-15(18-5-1-2-6-18)12-8-11(16-17-12)10-3-4-13-14(7-10)21-9-20-13/h3-4,7-8H,1-2,5-6,9H2,(H,16,17). The first-order valence-electron chi connectivity index (χ1n) is 7.06. The zero-order valence-electron chi connectivity index (χ0n) is 11.5. The highest BCUT2D eigenvalue weighted by Gasteiger charge is 2.22. The number of hydrogen-bond donors (Lipinski definition) is 1. The van der Waals surface area contributed by atoms with Crippen LogP contribution in [0.25, 0.3) is 11.3 Å². The van der Waals surface area contributed by atoms with Gasteiger partial charge in [0, 0.05) is 18.7 Å². The van der Waals surface area contributed by atoms with Gasteiger partial charge in [-0.2, -0.15) is 5.10 Å². The van der Waals surface area contributed by atoms with E-state index in [4.69, 9.17) is 9.47 Å². The average molecular weight is 285 g/mol. The quantitative estimate of drug-likeness (QED) is 0.917. The first-order valence-corrected chi connectivity index (χ1v) is 7.06. The van der Waals surface area contributed by atoms with Gasteiger partial charge >= 0.3 is 0 Å². The van der Waals surface area contributed by atoms with Gasteiger partial charge in [-0.3, -0.25) is 9.89 Å². The molecule has 21 heavy (non-hydrogen) atoms. The van der Waals surface area contributed by atoms with Crippen LogP contribution >= 0.6 is 0 Å². The molecule has 0 aliphatic carbocycles. The number of benzene rings is 1. The topological polar surface area (TPSA) is 67.5 Å². The molecule has 1 aromatic carbocycles. The summed E-state index contributed by atoms with van der Waals surface area (Å²) in [6.45, 7) is 1.91. The van der Waals surface area contributed by atoms with Crippen LogP contribution in [0.4, 0.5) is 0 Å². The van der Waals surface area contributed by atoms with Crippen molar-refractivity contribution in [2.45, 2.75) is 12.8 Å².